The van der Waals surface area contributed by atoms with Crippen LogP contribution in [0, 0.1) is 0 Å². The van der Waals surface area contributed by atoms with Gasteiger partial charge >= 0.3 is 5.97 Å². The Hall–Kier alpha value is -1.89. The fraction of sp³-hybridized carbons (Fsp3) is 0.125. The molecule has 0 aliphatic rings. The van der Waals surface area contributed by atoms with E-state index in [1.54, 1.807) is 0 Å². The van der Waals surface area contributed by atoms with Crippen LogP contribution in [0.4, 0.5) is 0 Å². The molecule has 1 aromatic rings. The van der Waals surface area contributed by atoms with Gasteiger partial charge in [-0.2, -0.15) is 0 Å². The van der Waals surface area contributed by atoms with Gasteiger partial charge in [0.2, 0.25) is 5.91 Å². The molecule has 0 saturated carbocycles. The maximum atomic E-state index is 11.2. The Morgan fingerprint density at radius 3 is 2.67 bits per heavy atom. The molecular weight excluding hydrogens is 220 g/mol. The molecule has 1 amide bonds. The predicted molar refractivity (Wildman–Crippen MR) is 54.3 cm³/mol. The van der Waals surface area contributed by atoms with Crippen molar-refractivity contribution >= 4 is 35.4 Å². The molecule has 0 unspecified atom stereocenters. The molecule has 15 heavy (non-hydrogen) atoms. The second kappa shape index (κ2) is 4.56. The van der Waals surface area contributed by atoms with Gasteiger partial charge in [-0.25, -0.2) is 4.79 Å². The number of carbonyl (C=O) groups is 2. The maximum absolute atomic E-state index is 11.2. The molecule has 0 fully saturated rings. The van der Waals surface area contributed by atoms with E-state index in [9.17, 15) is 14.4 Å². The van der Waals surface area contributed by atoms with Crippen LogP contribution < -0.4 is 20.5 Å². The predicted octanol–water partition coefficient (Wildman–Crippen LogP) is -2.34. The second-order valence-electron chi connectivity index (χ2n) is 2.50. The number of hydrogen-bond donors (Lipinski definition) is 2. The molecule has 1 heterocycles. The Morgan fingerprint density at radius 1 is 1.47 bits per heavy atom. The van der Waals surface area contributed by atoms with Crippen molar-refractivity contribution in [2.45, 2.75) is 0 Å². The third-order valence-electron chi connectivity index (χ3n) is 1.40. The standard InChI is InChI=1S/C8H8N2O4S/c1-14-7(12)2-4-8(13)10-6(15-4)3-5(9)11/h2-3H,1H3,(H2,9,11)(H,10,13)/b4-2+,6-3-. The van der Waals surface area contributed by atoms with Gasteiger partial charge in [0, 0.05) is 12.2 Å². The number of methoxy groups -OCH3 is 1. The summed E-state index contributed by atoms with van der Waals surface area (Å²) in [6.07, 6.45) is 2.11. The number of thiazole rings is 1. The number of primary amides is 1. The van der Waals surface area contributed by atoms with Gasteiger partial charge in [0.05, 0.1) is 7.11 Å². The molecule has 0 aliphatic carbocycles. The summed E-state index contributed by atoms with van der Waals surface area (Å²) in [4.78, 5) is 34.9. The number of aromatic amines is 1. The quantitative estimate of drug-likeness (QED) is 0.553. The Balaban J connectivity index is 3.30. The Morgan fingerprint density at radius 2 is 2.13 bits per heavy atom. The molecule has 0 spiro atoms. The van der Waals surface area contributed by atoms with Crippen molar-refractivity contribution in [3.05, 3.63) is 19.5 Å². The maximum Gasteiger partial charge on any atom is 0.332 e. The minimum absolute atomic E-state index is 0.161. The smallest absolute Gasteiger partial charge is 0.332 e. The highest BCUT2D eigenvalue weighted by atomic mass is 32.1. The molecule has 6 nitrogen and oxygen atoms in total. The molecule has 0 aliphatic heterocycles. The summed E-state index contributed by atoms with van der Waals surface area (Å²) in [6.45, 7) is 0. The van der Waals surface area contributed by atoms with Crippen molar-refractivity contribution in [2.24, 2.45) is 5.73 Å². The molecule has 0 bridgehead atoms. The summed E-state index contributed by atoms with van der Waals surface area (Å²) in [5, 5.41) is 0. The molecular formula is C8H8N2O4S. The van der Waals surface area contributed by atoms with E-state index in [0.29, 0.717) is 4.66 Å². The first kappa shape index (κ1) is 11.2. The van der Waals surface area contributed by atoms with Crippen LogP contribution in [0.25, 0.3) is 12.2 Å². The van der Waals surface area contributed by atoms with Crippen LogP contribution in [0.15, 0.2) is 4.79 Å². The third-order valence-corrected chi connectivity index (χ3v) is 2.37. The topological polar surface area (TPSA) is 102 Å². The van der Waals surface area contributed by atoms with Crippen molar-refractivity contribution in [1.29, 1.82) is 0 Å². The van der Waals surface area contributed by atoms with Crippen LogP contribution in [-0.4, -0.2) is 24.0 Å². The molecule has 0 saturated heterocycles. The zero-order valence-corrected chi connectivity index (χ0v) is 8.59. The van der Waals surface area contributed by atoms with Crippen molar-refractivity contribution in [2.75, 3.05) is 7.11 Å². The van der Waals surface area contributed by atoms with Gasteiger partial charge in [-0.3, -0.25) is 9.59 Å². The fourth-order valence-electron chi connectivity index (χ4n) is 0.820. The van der Waals surface area contributed by atoms with E-state index in [0.717, 1.165) is 23.5 Å². The Labute approximate surface area is 87.7 Å². The molecule has 80 valence electrons. The average molecular weight is 228 g/mol. The molecule has 1 aromatic heterocycles. The van der Waals surface area contributed by atoms with Gasteiger partial charge in [0.1, 0.15) is 9.20 Å². The number of hydrogen-bond acceptors (Lipinski definition) is 5. The fourth-order valence-corrected chi connectivity index (χ4v) is 1.67. The van der Waals surface area contributed by atoms with Crippen molar-refractivity contribution in [3.63, 3.8) is 0 Å². The highest BCUT2D eigenvalue weighted by Crippen LogP contribution is 1.75. The summed E-state index contributed by atoms with van der Waals surface area (Å²) in [6, 6.07) is 0. The van der Waals surface area contributed by atoms with Gasteiger partial charge < -0.3 is 15.5 Å². The molecule has 3 N–H and O–H groups in total. The summed E-state index contributed by atoms with van der Waals surface area (Å²) < 4.78 is 4.81. The summed E-state index contributed by atoms with van der Waals surface area (Å²) in [7, 11) is 1.21. The number of nitrogens with one attached hydrogen (secondary N) is 1. The van der Waals surface area contributed by atoms with E-state index in [1.165, 1.54) is 7.11 Å². The SMILES string of the molecule is COC(=O)/C=c1/s/c(=C\C(N)=O)[nH]c1=O. The van der Waals surface area contributed by atoms with Gasteiger partial charge in [-0.05, 0) is 0 Å². The van der Waals surface area contributed by atoms with Gasteiger partial charge in [0.15, 0.2) is 0 Å². The van der Waals surface area contributed by atoms with Crippen molar-refractivity contribution in [3.8, 4) is 0 Å². The zero-order chi connectivity index (χ0) is 11.4. The lowest BCUT2D eigenvalue weighted by molar-refractivity contribution is -0.133. The first-order valence-corrected chi connectivity index (χ1v) is 4.64. The van der Waals surface area contributed by atoms with Crippen LogP contribution in [0.5, 0.6) is 0 Å². The van der Waals surface area contributed by atoms with E-state index in [-0.39, 0.29) is 4.53 Å². The van der Waals surface area contributed by atoms with Gasteiger partial charge in [-0.1, -0.05) is 0 Å². The Kier molecular flexibility index (Phi) is 3.40. The number of ether oxygens (including phenoxy) is 1. The molecule has 1 rings (SSSR count). The zero-order valence-electron chi connectivity index (χ0n) is 7.77. The second-order valence-corrected chi connectivity index (χ2v) is 3.58. The molecule has 7 heteroatoms. The van der Waals surface area contributed by atoms with Crippen LogP contribution in [0.1, 0.15) is 0 Å². The number of carbonyl (C=O) groups excluding carboxylic acids is 2. The van der Waals surface area contributed by atoms with E-state index in [2.05, 4.69) is 9.72 Å². The van der Waals surface area contributed by atoms with Crippen LogP contribution >= 0.6 is 11.3 Å². The molecule has 0 atom stereocenters. The highest BCUT2D eigenvalue weighted by molar-refractivity contribution is 7.07. The summed E-state index contributed by atoms with van der Waals surface area (Å²) >= 11 is 0.951. The normalized spacial score (nSPS) is 12.9. The molecule has 0 radical (unpaired) electrons. The van der Waals surface area contributed by atoms with E-state index < -0.39 is 17.4 Å². The summed E-state index contributed by atoms with van der Waals surface area (Å²) in [5.41, 5.74) is 4.44. The number of nitrogens with two attached hydrogens (primary N) is 1. The van der Waals surface area contributed by atoms with E-state index in [1.807, 2.05) is 0 Å². The minimum Gasteiger partial charge on any atom is -0.466 e. The third kappa shape index (κ3) is 3.06. The van der Waals surface area contributed by atoms with Crippen LogP contribution in [-0.2, 0) is 14.3 Å². The van der Waals surface area contributed by atoms with Gasteiger partial charge in [0.25, 0.3) is 5.56 Å². The van der Waals surface area contributed by atoms with Crippen LogP contribution in [0.2, 0.25) is 0 Å². The lowest BCUT2D eigenvalue weighted by Gasteiger charge is -1.85. The van der Waals surface area contributed by atoms with Crippen LogP contribution in [0.3, 0.4) is 0 Å². The number of H-pyrrole nitrogens is 1. The number of rotatable bonds is 2. The van der Waals surface area contributed by atoms with E-state index in [4.69, 9.17) is 5.73 Å². The number of esters is 1. The highest BCUT2D eigenvalue weighted by Gasteiger charge is 1.98. The average Bonchev–Trinajstić information content (AvgIpc) is 2.45. The van der Waals surface area contributed by atoms with Gasteiger partial charge in [-0.15, -0.1) is 11.3 Å². The lowest BCUT2D eigenvalue weighted by atomic mass is 10.5. The molecule has 0 aromatic carbocycles. The minimum atomic E-state index is -0.669. The summed E-state index contributed by atoms with van der Waals surface area (Å²) in [5.74, 6) is -1.30. The van der Waals surface area contributed by atoms with Crippen molar-refractivity contribution in [1.82, 2.24) is 4.98 Å². The first-order valence-electron chi connectivity index (χ1n) is 3.83. The first-order chi connectivity index (χ1) is 7.02. The monoisotopic (exact) mass is 228 g/mol. The van der Waals surface area contributed by atoms with Crippen molar-refractivity contribution < 1.29 is 14.3 Å². The largest absolute Gasteiger partial charge is 0.466 e. The number of aromatic nitrogens is 1. The Bertz CT molecular complexity index is 554. The number of amides is 1. The lowest BCUT2D eigenvalue weighted by Crippen LogP contribution is -2.21. The van der Waals surface area contributed by atoms with E-state index >= 15 is 0 Å².